The van der Waals surface area contributed by atoms with Gasteiger partial charge < -0.3 is 5.32 Å². The van der Waals surface area contributed by atoms with E-state index in [1.165, 1.54) is 32.1 Å². The summed E-state index contributed by atoms with van der Waals surface area (Å²) in [5, 5.41) is 15.3. The highest BCUT2D eigenvalue weighted by Crippen LogP contribution is 2.34. The van der Waals surface area contributed by atoms with Crippen LogP contribution in [0.25, 0.3) is 0 Å². The monoisotopic (exact) mass is 193 g/mol. The van der Waals surface area contributed by atoms with E-state index in [1.807, 2.05) is 4.68 Å². The molecule has 0 saturated heterocycles. The van der Waals surface area contributed by atoms with E-state index in [4.69, 9.17) is 0 Å². The topological polar surface area (TPSA) is 55.6 Å². The van der Waals surface area contributed by atoms with E-state index in [9.17, 15) is 0 Å². The quantitative estimate of drug-likeness (QED) is 0.762. The van der Waals surface area contributed by atoms with Crippen LogP contribution < -0.4 is 5.32 Å². The fourth-order valence-electron chi connectivity index (χ4n) is 1.78. The summed E-state index contributed by atoms with van der Waals surface area (Å²) in [6.07, 6.45) is 6.46. The van der Waals surface area contributed by atoms with Gasteiger partial charge in [0.15, 0.2) is 5.82 Å². The van der Waals surface area contributed by atoms with Crippen LogP contribution >= 0.6 is 0 Å². The summed E-state index contributed by atoms with van der Waals surface area (Å²) < 4.78 is 1.98. The summed E-state index contributed by atoms with van der Waals surface area (Å²) >= 11 is 0. The SMILES string of the molecule is C1CC(NCc2nnnn2C2CC2)C1. The third-order valence-electron chi connectivity index (χ3n) is 3.11. The summed E-state index contributed by atoms with van der Waals surface area (Å²) in [4.78, 5) is 0. The van der Waals surface area contributed by atoms with Gasteiger partial charge in [-0.3, -0.25) is 0 Å². The second-order valence-corrected chi connectivity index (χ2v) is 4.28. The summed E-state index contributed by atoms with van der Waals surface area (Å²) in [5.41, 5.74) is 0. The van der Waals surface area contributed by atoms with Crippen LogP contribution in [0, 0.1) is 0 Å². The predicted octanol–water partition coefficient (Wildman–Crippen LogP) is 0.650. The molecular weight excluding hydrogens is 178 g/mol. The van der Waals surface area contributed by atoms with Gasteiger partial charge in [0.2, 0.25) is 0 Å². The Hall–Kier alpha value is -0.970. The zero-order chi connectivity index (χ0) is 9.38. The van der Waals surface area contributed by atoms with Crippen molar-refractivity contribution in [1.29, 1.82) is 0 Å². The second-order valence-electron chi connectivity index (χ2n) is 4.28. The number of rotatable bonds is 4. The molecule has 0 aromatic carbocycles. The molecule has 1 aromatic rings. The summed E-state index contributed by atoms with van der Waals surface area (Å²) in [6.45, 7) is 0.828. The van der Waals surface area contributed by atoms with Gasteiger partial charge >= 0.3 is 0 Å². The van der Waals surface area contributed by atoms with Crippen LogP contribution in [0.1, 0.15) is 44.0 Å². The molecule has 1 N–H and O–H groups in total. The Morgan fingerprint density at radius 3 is 2.79 bits per heavy atom. The first kappa shape index (κ1) is 8.35. The molecule has 14 heavy (non-hydrogen) atoms. The van der Waals surface area contributed by atoms with Gasteiger partial charge in [-0.2, -0.15) is 0 Å². The van der Waals surface area contributed by atoms with E-state index in [2.05, 4.69) is 20.8 Å². The van der Waals surface area contributed by atoms with Gasteiger partial charge in [-0.25, -0.2) is 4.68 Å². The fourth-order valence-corrected chi connectivity index (χ4v) is 1.78. The Bertz CT molecular complexity index is 313. The lowest BCUT2D eigenvalue weighted by Crippen LogP contribution is -2.35. The Morgan fingerprint density at radius 1 is 1.29 bits per heavy atom. The molecule has 2 aliphatic rings. The van der Waals surface area contributed by atoms with Crippen LogP contribution in [0.15, 0.2) is 0 Å². The maximum atomic E-state index is 4.05. The van der Waals surface area contributed by atoms with E-state index in [-0.39, 0.29) is 0 Å². The number of nitrogens with one attached hydrogen (secondary N) is 1. The lowest BCUT2D eigenvalue weighted by Gasteiger charge is -2.26. The van der Waals surface area contributed by atoms with Gasteiger partial charge in [0.1, 0.15) is 0 Å². The van der Waals surface area contributed by atoms with Crippen molar-refractivity contribution < 1.29 is 0 Å². The molecule has 0 aliphatic heterocycles. The number of aromatic nitrogens is 4. The molecule has 0 unspecified atom stereocenters. The molecule has 0 amide bonds. The third-order valence-corrected chi connectivity index (χ3v) is 3.11. The molecule has 76 valence electrons. The first-order valence-electron chi connectivity index (χ1n) is 5.43. The lowest BCUT2D eigenvalue weighted by molar-refractivity contribution is 0.332. The molecule has 3 rings (SSSR count). The minimum absolute atomic E-state index is 0.586. The maximum Gasteiger partial charge on any atom is 0.165 e. The Kier molecular flexibility index (Phi) is 1.97. The molecule has 2 aliphatic carbocycles. The molecule has 1 heterocycles. The number of nitrogens with zero attached hydrogens (tertiary/aromatic N) is 4. The Labute approximate surface area is 82.9 Å². The van der Waals surface area contributed by atoms with Crippen LogP contribution in [-0.4, -0.2) is 26.2 Å². The van der Waals surface area contributed by atoms with Crippen LogP contribution in [0.5, 0.6) is 0 Å². The zero-order valence-electron chi connectivity index (χ0n) is 8.19. The van der Waals surface area contributed by atoms with Crippen LogP contribution in [-0.2, 0) is 6.54 Å². The number of hydrogen-bond acceptors (Lipinski definition) is 4. The van der Waals surface area contributed by atoms with Crippen LogP contribution in [0.3, 0.4) is 0 Å². The van der Waals surface area contributed by atoms with E-state index in [1.54, 1.807) is 0 Å². The summed E-state index contributed by atoms with van der Waals surface area (Å²) in [6, 6.07) is 1.29. The van der Waals surface area contributed by atoms with E-state index < -0.39 is 0 Å². The Morgan fingerprint density at radius 2 is 2.14 bits per heavy atom. The zero-order valence-corrected chi connectivity index (χ0v) is 8.19. The minimum Gasteiger partial charge on any atom is -0.307 e. The standard InChI is InChI=1S/C9H15N5/c1-2-7(3-1)10-6-9-11-12-13-14(9)8-4-5-8/h7-8,10H,1-6H2. The normalized spacial score (nSPS) is 22.3. The summed E-state index contributed by atoms with van der Waals surface area (Å²) in [5.74, 6) is 0.999. The van der Waals surface area contributed by atoms with Crippen LogP contribution in [0.4, 0.5) is 0 Å². The first-order valence-corrected chi connectivity index (χ1v) is 5.43. The van der Waals surface area contributed by atoms with Gasteiger partial charge in [0.25, 0.3) is 0 Å². The molecule has 1 aromatic heterocycles. The van der Waals surface area contributed by atoms with E-state index in [0.29, 0.717) is 12.1 Å². The molecule has 0 spiro atoms. The molecule has 0 radical (unpaired) electrons. The van der Waals surface area contributed by atoms with Gasteiger partial charge in [0.05, 0.1) is 12.6 Å². The van der Waals surface area contributed by atoms with Crippen molar-refractivity contribution in [2.45, 2.75) is 50.7 Å². The molecule has 0 bridgehead atoms. The highest BCUT2D eigenvalue weighted by atomic mass is 15.6. The molecule has 2 saturated carbocycles. The first-order chi connectivity index (χ1) is 6.93. The molecule has 2 fully saturated rings. The van der Waals surface area contributed by atoms with Gasteiger partial charge in [-0.1, -0.05) is 6.42 Å². The third kappa shape index (κ3) is 1.52. The van der Waals surface area contributed by atoms with Gasteiger partial charge in [-0.15, -0.1) is 5.10 Å². The summed E-state index contributed by atoms with van der Waals surface area (Å²) in [7, 11) is 0. The average molecular weight is 193 g/mol. The largest absolute Gasteiger partial charge is 0.307 e. The molecule has 5 heteroatoms. The van der Waals surface area contributed by atoms with Crippen molar-refractivity contribution in [2.24, 2.45) is 0 Å². The van der Waals surface area contributed by atoms with Crippen molar-refractivity contribution in [1.82, 2.24) is 25.5 Å². The highest BCUT2D eigenvalue weighted by molar-refractivity contribution is 4.91. The van der Waals surface area contributed by atoms with Gasteiger partial charge in [-0.05, 0) is 36.1 Å². The molecule has 0 atom stereocenters. The fraction of sp³-hybridized carbons (Fsp3) is 0.889. The molecular formula is C9H15N5. The van der Waals surface area contributed by atoms with Crippen molar-refractivity contribution in [3.63, 3.8) is 0 Å². The highest BCUT2D eigenvalue weighted by Gasteiger charge is 2.28. The minimum atomic E-state index is 0.586. The predicted molar refractivity (Wildman–Crippen MR) is 50.6 cm³/mol. The van der Waals surface area contributed by atoms with Crippen molar-refractivity contribution in [3.8, 4) is 0 Å². The van der Waals surface area contributed by atoms with E-state index in [0.717, 1.165) is 12.4 Å². The van der Waals surface area contributed by atoms with Gasteiger partial charge in [0, 0.05) is 6.04 Å². The van der Waals surface area contributed by atoms with Crippen molar-refractivity contribution >= 4 is 0 Å². The van der Waals surface area contributed by atoms with E-state index >= 15 is 0 Å². The second kappa shape index (κ2) is 3.31. The smallest absolute Gasteiger partial charge is 0.165 e. The molecule has 5 nitrogen and oxygen atoms in total. The maximum absolute atomic E-state index is 4.05. The van der Waals surface area contributed by atoms with Crippen LogP contribution in [0.2, 0.25) is 0 Å². The number of hydrogen-bond donors (Lipinski definition) is 1. The van der Waals surface area contributed by atoms with Crippen molar-refractivity contribution in [2.75, 3.05) is 0 Å². The lowest BCUT2D eigenvalue weighted by atomic mass is 9.93. The average Bonchev–Trinajstić information content (AvgIpc) is 2.85. The number of tetrazole rings is 1. The van der Waals surface area contributed by atoms with Crippen molar-refractivity contribution in [3.05, 3.63) is 5.82 Å². The Balaban J connectivity index is 1.60.